The van der Waals surface area contributed by atoms with Gasteiger partial charge in [-0.2, -0.15) is 0 Å². The van der Waals surface area contributed by atoms with Crippen molar-refractivity contribution in [1.82, 2.24) is 0 Å². The molecule has 1 rings (SSSR count). The van der Waals surface area contributed by atoms with Crippen LogP contribution in [-0.2, 0) is 10.2 Å². The predicted octanol–water partition coefficient (Wildman–Crippen LogP) is 3.37. The Bertz CT molecular complexity index is 336. The number of carbonyl (C=O) groups is 1. The molecule has 14 heavy (non-hydrogen) atoms. The van der Waals surface area contributed by atoms with E-state index in [2.05, 4.69) is 13.8 Å². The van der Waals surface area contributed by atoms with Gasteiger partial charge in [-0.25, -0.2) is 0 Å². The number of aldehydes is 1. The van der Waals surface area contributed by atoms with Crippen molar-refractivity contribution in [2.24, 2.45) is 0 Å². The third kappa shape index (κ3) is 2.71. The van der Waals surface area contributed by atoms with Gasteiger partial charge in [0.25, 0.3) is 0 Å². The Labute approximate surface area is 89.4 Å². The summed E-state index contributed by atoms with van der Waals surface area (Å²) in [6, 6.07) is 7.65. The highest BCUT2D eigenvalue weighted by molar-refractivity contribution is 6.30. The second-order valence-electron chi connectivity index (χ2n) is 3.72. The van der Waals surface area contributed by atoms with E-state index >= 15 is 0 Å². The summed E-state index contributed by atoms with van der Waals surface area (Å²) in [6.07, 6.45) is 4.19. The van der Waals surface area contributed by atoms with E-state index in [1.54, 1.807) is 0 Å². The van der Waals surface area contributed by atoms with E-state index in [-0.39, 0.29) is 5.41 Å². The first kappa shape index (κ1) is 11.0. The Hall–Kier alpha value is -1.08. The van der Waals surface area contributed by atoms with Crippen molar-refractivity contribution in [3.8, 4) is 0 Å². The SMILES string of the molecule is CC(C)(/C=C\C=O)c1ccc(Cl)cc1. The number of carbonyl (C=O) groups excluding carboxylic acids is 1. The van der Waals surface area contributed by atoms with Crippen LogP contribution in [0.5, 0.6) is 0 Å². The van der Waals surface area contributed by atoms with Crippen LogP contribution in [0.4, 0.5) is 0 Å². The molecule has 0 atom stereocenters. The molecule has 0 aliphatic carbocycles. The summed E-state index contributed by atoms with van der Waals surface area (Å²) in [4.78, 5) is 10.2. The molecule has 0 unspecified atom stereocenters. The number of hydrogen-bond acceptors (Lipinski definition) is 1. The molecule has 0 bridgehead atoms. The molecule has 0 fully saturated rings. The Balaban J connectivity index is 2.97. The summed E-state index contributed by atoms with van der Waals surface area (Å²) < 4.78 is 0. The number of benzene rings is 1. The van der Waals surface area contributed by atoms with Crippen LogP contribution in [0.3, 0.4) is 0 Å². The molecule has 0 spiro atoms. The van der Waals surface area contributed by atoms with Crippen molar-refractivity contribution >= 4 is 17.9 Å². The molecule has 0 radical (unpaired) electrons. The molecule has 0 aromatic heterocycles. The lowest BCUT2D eigenvalue weighted by molar-refractivity contribution is -0.104. The molecule has 0 aliphatic heterocycles. The van der Waals surface area contributed by atoms with Crippen LogP contribution in [0.25, 0.3) is 0 Å². The van der Waals surface area contributed by atoms with Crippen molar-refractivity contribution in [3.05, 3.63) is 47.0 Å². The number of rotatable bonds is 3. The monoisotopic (exact) mass is 208 g/mol. The minimum absolute atomic E-state index is 0.133. The zero-order valence-corrected chi connectivity index (χ0v) is 9.08. The maximum absolute atomic E-state index is 10.2. The van der Waals surface area contributed by atoms with Gasteiger partial charge >= 0.3 is 0 Å². The predicted molar refractivity (Wildman–Crippen MR) is 59.7 cm³/mol. The quantitative estimate of drug-likeness (QED) is 0.550. The van der Waals surface area contributed by atoms with Crippen LogP contribution in [0.15, 0.2) is 36.4 Å². The molecule has 0 heterocycles. The van der Waals surface area contributed by atoms with Crippen molar-refractivity contribution in [2.45, 2.75) is 19.3 Å². The van der Waals surface area contributed by atoms with Crippen LogP contribution in [0.2, 0.25) is 5.02 Å². The highest BCUT2D eigenvalue weighted by Gasteiger charge is 2.15. The molecule has 0 saturated heterocycles. The maximum atomic E-state index is 10.2. The van der Waals surface area contributed by atoms with E-state index in [0.29, 0.717) is 0 Å². The van der Waals surface area contributed by atoms with Gasteiger partial charge in [0, 0.05) is 10.4 Å². The molecule has 2 heteroatoms. The molecule has 0 aliphatic rings. The Morgan fingerprint density at radius 3 is 2.29 bits per heavy atom. The second-order valence-corrected chi connectivity index (χ2v) is 4.16. The fourth-order valence-electron chi connectivity index (χ4n) is 1.26. The standard InChI is InChI=1S/C12H13ClO/c1-12(2,8-3-9-14)10-4-6-11(13)7-5-10/h3-9H,1-2H3/b8-3-. The summed E-state index contributed by atoms with van der Waals surface area (Å²) in [5, 5.41) is 0.726. The molecule has 0 saturated carbocycles. The second kappa shape index (κ2) is 4.43. The highest BCUT2D eigenvalue weighted by atomic mass is 35.5. The number of halogens is 1. The fraction of sp³-hybridized carbons (Fsp3) is 0.250. The fourth-order valence-corrected chi connectivity index (χ4v) is 1.38. The molecule has 74 valence electrons. The van der Waals surface area contributed by atoms with Gasteiger partial charge in [0.1, 0.15) is 6.29 Å². The third-order valence-electron chi connectivity index (χ3n) is 2.18. The highest BCUT2D eigenvalue weighted by Crippen LogP contribution is 2.25. The van der Waals surface area contributed by atoms with E-state index in [9.17, 15) is 4.79 Å². The molecular formula is C12H13ClO. The maximum Gasteiger partial charge on any atom is 0.142 e. The van der Waals surface area contributed by atoms with E-state index in [1.165, 1.54) is 6.08 Å². The summed E-state index contributed by atoms with van der Waals surface area (Å²) in [5.74, 6) is 0. The molecule has 1 aromatic carbocycles. The van der Waals surface area contributed by atoms with Gasteiger partial charge < -0.3 is 0 Å². The van der Waals surface area contributed by atoms with Gasteiger partial charge in [-0.3, -0.25) is 4.79 Å². The Morgan fingerprint density at radius 2 is 1.79 bits per heavy atom. The Kier molecular flexibility index (Phi) is 3.48. The zero-order chi connectivity index (χ0) is 10.6. The van der Waals surface area contributed by atoms with Crippen molar-refractivity contribution in [1.29, 1.82) is 0 Å². The molecule has 1 aromatic rings. The molecular weight excluding hydrogens is 196 g/mol. The molecule has 1 nitrogen and oxygen atoms in total. The Morgan fingerprint density at radius 1 is 1.21 bits per heavy atom. The third-order valence-corrected chi connectivity index (χ3v) is 2.43. The summed E-state index contributed by atoms with van der Waals surface area (Å²) in [7, 11) is 0. The van der Waals surface area contributed by atoms with E-state index in [1.807, 2.05) is 30.3 Å². The van der Waals surface area contributed by atoms with Crippen molar-refractivity contribution < 1.29 is 4.79 Å². The van der Waals surface area contributed by atoms with Crippen molar-refractivity contribution in [3.63, 3.8) is 0 Å². The first-order chi connectivity index (χ1) is 6.56. The lowest BCUT2D eigenvalue weighted by atomic mass is 9.84. The van der Waals surface area contributed by atoms with Gasteiger partial charge in [-0.1, -0.05) is 43.7 Å². The normalized spacial score (nSPS) is 11.9. The van der Waals surface area contributed by atoms with Crippen LogP contribution < -0.4 is 0 Å². The smallest absolute Gasteiger partial charge is 0.142 e. The first-order valence-corrected chi connectivity index (χ1v) is 4.83. The average Bonchev–Trinajstić information content (AvgIpc) is 2.16. The number of allylic oxidation sites excluding steroid dienone is 2. The number of hydrogen-bond donors (Lipinski definition) is 0. The lowest BCUT2D eigenvalue weighted by Crippen LogP contribution is -2.13. The average molecular weight is 209 g/mol. The minimum Gasteiger partial charge on any atom is -0.299 e. The summed E-state index contributed by atoms with van der Waals surface area (Å²) in [5.41, 5.74) is 1.01. The van der Waals surface area contributed by atoms with E-state index in [0.717, 1.165) is 16.9 Å². The van der Waals surface area contributed by atoms with Crippen LogP contribution in [0, 0.1) is 0 Å². The molecule has 0 amide bonds. The van der Waals surface area contributed by atoms with E-state index < -0.39 is 0 Å². The summed E-state index contributed by atoms with van der Waals surface area (Å²) >= 11 is 5.79. The first-order valence-electron chi connectivity index (χ1n) is 4.45. The minimum atomic E-state index is -0.133. The summed E-state index contributed by atoms with van der Waals surface area (Å²) in [6.45, 7) is 4.10. The van der Waals surface area contributed by atoms with Gasteiger partial charge in [-0.15, -0.1) is 0 Å². The van der Waals surface area contributed by atoms with Crippen LogP contribution in [0.1, 0.15) is 19.4 Å². The van der Waals surface area contributed by atoms with Gasteiger partial charge in [0.05, 0.1) is 0 Å². The van der Waals surface area contributed by atoms with E-state index in [4.69, 9.17) is 11.6 Å². The lowest BCUT2D eigenvalue weighted by Gasteiger charge is -2.20. The topological polar surface area (TPSA) is 17.1 Å². The zero-order valence-electron chi connectivity index (χ0n) is 8.33. The van der Waals surface area contributed by atoms with Gasteiger partial charge in [-0.05, 0) is 23.8 Å². The van der Waals surface area contributed by atoms with Gasteiger partial charge in [0.15, 0.2) is 0 Å². The van der Waals surface area contributed by atoms with Gasteiger partial charge in [0.2, 0.25) is 0 Å². The largest absolute Gasteiger partial charge is 0.299 e. The van der Waals surface area contributed by atoms with Crippen LogP contribution >= 0.6 is 11.6 Å². The van der Waals surface area contributed by atoms with Crippen molar-refractivity contribution in [2.75, 3.05) is 0 Å². The molecule has 0 N–H and O–H groups in total. The van der Waals surface area contributed by atoms with Crippen LogP contribution in [-0.4, -0.2) is 6.29 Å².